The van der Waals surface area contributed by atoms with E-state index in [1.165, 1.54) is 12.8 Å². The van der Waals surface area contributed by atoms with Gasteiger partial charge in [-0.3, -0.25) is 0 Å². The van der Waals surface area contributed by atoms with Crippen LogP contribution in [0.25, 0.3) is 0 Å². The molecule has 1 heterocycles. The van der Waals surface area contributed by atoms with E-state index in [0.717, 1.165) is 32.9 Å². The highest BCUT2D eigenvalue weighted by Gasteiger charge is 2.35. The number of hydrogen-bond acceptors (Lipinski definition) is 3. The van der Waals surface area contributed by atoms with Crippen LogP contribution in [0.4, 0.5) is 0 Å². The Balaban J connectivity index is 2.35. The maximum Gasteiger partial charge on any atom is 0.0587 e. The van der Waals surface area contributed by atoms with Crippen molar-refractivity contribution in [3.05, 3.63) is 0 Å². The van der Waals surface area contributed by atoms with Gasteiger partial charge in [-0.05, 0) is 18.8 Å². The van der Waals surface area contributed by atoms with Crippen molar-refractivity contribution >= 4 is 0 Å². The van der Waals surface area contributed by atoms with Crippen LogP contribution in [0, 0.1) is 11.3 Å². The van der Waals surface area contributed by atoms with Crippen molar-refractivity contribution in [2.75, 3.05) is 40.0 Å². The molecule has 1 unspecified atom stereocenters. The first-order valence-corrected chi connectivity index (χ1v) is 5.99. The summed E-state index contributed by atoms with van der Waals surface area (Å²) >= 11 is 0. The molecule has 1 fully saturated rings. The second-order valence-corrected chi connectivity index (χ2v) is 4.84. The van der Waals surface area contributed by atoms with Crippen molar-refractivity contribution < 1.29 is 9.47 Å². The summed E-state index contributed by atoms with van der Waals surface area (Å²) in [5.74, 6) is 0.674. The van der Waals surface area contributed by atoms with E-state index in [0.29, 0.717) is 11.3 Å². The predicted molar refractivity (Wildman–Crippen MR) is 62.1 cm³/mol. The minimum Gasteiger partial charge on any atom is -0.383 e. The molecule has 1 N–H and O–H groups in total. The van der Waals surface area contributed by atoms with Gasteiger partial charge in [-0.1, -0.05) is 13.8 Å². The standard InChI is InChI=1S/C12H25NO2/c1-11(2)12(5-4-7-15-10-12)9-13-6-8-14-3/h11,13H,4-10H2,1-3H3. The molecule has 90 valence electrons. The zero-order valence-electron chi connectivity index (χ0n) is 10.3. The van der Waals surface area contributed by atoms with Crippen LogP contribution in [0.5, 0.6) is 0 Å². The number of rotatable bonds is 6. The van der Waals surface area contributed by atoms with Crippen molar-refractivity contribution in [2.45, 2.75) is 26.7 Å². The van der Waals surface area contributed by atoms with Crippen LogP contribution in [0.2, 0.25) is 0 Å². The highest BCUT2D eigenvalue weighted by atomic mass is 16.5. The van der Waals surface area contributed by atoms with Gasteiger partial charge >= 0.3 is 0 Å². The van der Waals surface area contributed by atoms with Gasteiger partial charge in [0.05, 0.1) is 13.2 Å². The Morgan fingerprint density at radius 3 is 2.80 bits per heavy atom. The van der Waals surface area contributed by atoms with Gasteiger partial charge in [-0.25, -0.2) is 0 Å². The Kier molecular flexibility index (Phi) is 5.58. The van der Waals surface area contributed by atoms with Gasteiger partial charge in [0.2, 0.25) is 0 Å². The van der Waals surface area contributed by atoms with E-state index in [1.807, 2.05) is 0 Å². The van der Waals surface area contributed by atoms with Crippen LogP contribution in [0.15, 0.2) is 0 Å². The lowest BCUT2D eigenvalue weighted by Gasteiger charge is -2.40. The number of ether oxygens (including phenoxy) is 2. The Bertz CT molecular complexity index is 165. The summed E-state index contributed by atoms with van der Waals surface area (Å²) in [6.45, 7) is 9.21. The summed E-state index contributed by atoms with van der Waals surface area (Å²) < 4.78 is 10.7. The zero-order valence-corrected chi connectivity index (χ0v) is 10.3. The average molecular weight is 215 g/mol. The zero-order chi connectivity index (χ0) is 11.1. The van der Waals surface area contributed by atoms with E-state index in [1.54, 1.807) is 7.11 Å². The molecule has 15 heavy (non-hydrogen) atoms. The molecule has 3 heteroatoms. The maximum absolute atomic E-state index is 5.63. The van der Waals surface area contributed by atoms with Crippen molar-refractivity contribution in [1.82, 2.24) is 5.32 Å². The monoisotopic (exact) mass is 215 g/mol. The van der Waals surface area contributed by atoms with Crippen LogP contribution in [0.1, 0.15) is 26.7 Å². The van der Waals surface area contributed by atoms with Crippen LogP contribution in [-0.2, 0) is 9.47 Å². The predicted octanol–water partition coefficient (Wildman–Crippen LogP) is 1.68. The topological polar surface area (TPSA) is 30.5 Å². The molecule has 0 aliphatic carbocycles. The molecule has 1 rings (SSSR count). The summed E-state index contributed by atoms with van der Waals surface area (Å²) in [6, 6.07) is 0. The summed E-state index contributed by atoms with van der Waals surface area (Å²) in [5, 5.41) is 3.47. The first kappa shape index (κ1) is 12.9. The van der Waals surface area contributed by atoms with Crippen molar-refractivity contribution in [3.63, 3.8) is 0 Å². The molecular weight excluding hydrogens is 190 g/mol. The quantitative estimate of drug-likeness (QED) is 0.684. The first-order chi connectivity index (χ1) is 7.21. The lowest BCUT2D eigenvalue weighted by atomic mass is 9.73. The molecule has 1 aliphatic rings. The van der Waals surface area contributed by atoms with Gasteiger partial charge in [-0.15, -0.1) is 0 Å². The fraction of sp³-hybridized carbons (Fsp3) is 1.00. The van der Waals surface area contributed by atoms with Gasteiger partial charge in [0.15, 0.2) is 0 Å². The third kappa shape index (κ3) is 3.74. The Morgan fingerprint density at radius 1 is 1.47 bits per heavy atom. The highest BCUT2D eigenvalue weighted by molar-refractivity contribution is 4.86. The van der Waals surface area contributed by atoms with Gasteiger partial charge in [0.25, 0.3) is 0 Å². The molecule has 1 aliphatic heterocycles. The number of methoxy groups -OCH3 is 1. The fourth-order valence-corrected chi connectivity index (χ4v) is 2.18. The smallest absolute Gasteiger partial charge is 0.0587 e. The largest absolute Gasteiger partial charge is 0.383 e. The average Bonchev–Trinajstić information content (AvgIpc) is 2.26. The van der Waals surface area contributed by atoms with Crippen molar-refractivity contribution in [3.8, 4) is 0 Å². The Morgan fingerprint density at radius 2 is 2.27 bits per heavy atom. The van der Waals surface area contributed by atoms with E-state index in [4.69, 9.17) is 9.47 Å². The first-order valence-electron chi connectivity index (χ1n) is 5.99. The molecule has 0 amide bonds. The normalized spacial score (nSPS) is 27.2. The van der Waals surface area contributed by atoms with Crippen molar-refractivity contribution in [1.29, 1.82) is 0 Å². The van der Waals surface area contributed by atoms with Crippen molar-refractivity contribution in [2.24, 2.45) is 11.3 Å². The Hall–Kier alpha value is -0.120. The molecular formula is C12H25NO2. The van der Waals surface area contributed by atoms with E-state index < -0.39 is 0 Å². The molecule has 0 spiro atoms. The molecule has 3 nitrogen and oxygen atoms in total. The molecule has 0 aromatic carbocycles. The highest BCUT2D eigenvalue weighted by Crippen LogP contribution is 2.35. The lowest BCUT2D eigenvalue weighted by Crippen LogP contribution is -2.45. The third-order valence-corrected chi connectivity index (χ3v) is 3.54. The van der Waals surface area contributed by atoms with Gasteiger partial charge in [0.1, 0.15) is 0 Å². The molecule has 0 aromatic rings. The molecule has 0 saturated carbocycles. The van der Waals surface area contributed by atoms with E-state index in [-0.39, 0.29) is 0 Å². The minimum atomic E-state index is 0.339. The second-order valence-electron chi connectivity index (χ2n) is 4.84. The maximum atomic E-state index is 5.63. The third-order valence-electron chi connectivity index (χ3n) is 3.54. The van der Waals surface area contributed by atoms with E-state index in [9.17, 15) is 0 Å². The number of nitrogens with one attached hydrogen (secondary N) is 1. The van der Waals surface area contributed by atoms with Gasteiger partial charge < -0.3 is 14.8 Å². The fourth-order valence-electron chi connectivity index (χ4n) is 2.18. The molecule has 1 saturated heterocycles. The van der Waals surface area contributed by atoms with Gasteiger partial charge in [-0.2, -0.15) is 0 Å². The summed E-state index contributed by atoms with van der Waals surface area (Å²) in [5.41, 5.74) is 0.339. The Labute approximate surface area is 93.5 Å². The van der Waals surface area contributed by atoms with E-state index >= 15 is 0 Å². The summed E-state index contributed by atoms with van der Waals surface area (Å²) in [7, 11) is 1.74. The lowest BCUT2D eigenvalue weighted by molar-refractivity contribution is -0.0337. The van der Waals surface area contributed by atoms with E-state index in [2.05, 4.69) is 19.2 Å². The summed E-state index contributed by atoms with van der Waals surface area (Å²) in [6.07, 6.45) is 2.48. The minimum absolute atomic E-state index is 0.339. The van der Waals surface area contributed by atoms with Crippen LogP contribution >= 0.6 is 0 Å². The molecule has 0 aromatic heterocycles. The molecule has 0 radical (unpaired) electrons. The van der Waals surface area contributed by atoms with Crippen LogP contribution in [0.3, 0.4) is 0 Å². The second kappa shape index (κ2) is 6.46. The summed E-state index contributed by atoms with van der Waals surface area (Å²) in [4.78, 5) is 0. The van der Waals surface area contributed by atoms with Gasteiger partial charge in [0, 0.05) is 32.2 Å². The van der Waals surface area contributed by atoms with Crippen LogP contribution < -0.4 is 5.32 Å². The molecule has 1 atom stereocenters. The van der Waals surface area contributed by atoms with Crippen LogP contribution in [-0.4, -0.2) is 40.0 Å². The number of hydrogen-bond donors (Lipinski definition) is 1. The molecule has 0 bridgehead atoms. The SMILES string of the molecule is COCCNCC1(C(C)C)CCCOC1.